The maximum atomic E-state index is 10.6. The molecule has 2 fully saturated rings. The van der Waals surface area contributed by atoms with Gasteiger partial charge in [0.25, 0.3) is 0 Å². The number of aryl methyl sites for hydroxylation is 8. The smallest absolute Gasteiger partial charge is 0.121 e. The molecule has 4 N–H and O–H groups in total. The highest BCUT2D eigenvalue weighted by molar-refractivity contribution is 5.54. The fraction of sp³-hybridized carbons (Fsp3) is 0.455. The zero-order valence-corrected chi connectivity index (χ0v) is 30.6. The largest absolute Gasteiger partial charge is 0.507 e. The van der Waals surface area contributed by atoms with Crippen LogP contribution in [-0.4, -0.2) is 32.6 Å². The summed E-state index contributed by atoms with van der Waals surface area (Å²) in [5.41, 5.74) is 11.6. The van der Waals surface area contributed by atoms with Crippen LogP contribution in [0.25, 0.3) is 0 Å². The molecule has 4 aromatic carbocycles. The molecule has 0 radical (unpaired) electrons. The molecule has 4 aromatic rings. The molecule has 2 aliphatic carbocycles. The number of ether oxygens (including phenoxy) is 1. The predicted molar refractivity (Wildman–Crippen MR) is 197 cm³/mol. The van der Waals surface area contributed by atoms with Crippen LogP contribution in [0.5, 0.6) is 23.0 Å². The lowest BCUT2D eigenvalue weighted by molar-refractivity contribution is -0.0576. The third kappa shape index (κ3) is 6.20. The summed E-state index contributed by atoms with van der Waals surface area (Å²) in [6.07, 6.45) is 7.80. The summed E-state index contributed by atoms with van der Waals surface area (Å²) in [7, 11) is 0. The first-order valence-corrected chi connectivity index (χ1v) is 18.0. The molecule has 49 heavy (non-hydrogen) atoms. The molecule has 0 aliphatic heterocycles. The van der Waals surface area contributed by atoms with Crippen molar-refractivity contribution in [3.8, 4) is 23.0 Å². The minimum atomic E-state index is -0.225. The number of benzene rings is 4. The first kappa shape index (κ1) is 34.9. The summed E-state index contributed by atoms with van der Waals surface area (Å²) in [4.78, 5) is 0. The topological polar surface area (TPSA) is 90.2 Å². The summed E-state index contributed by atoms with van der Waals surface area (Å²) in [5.74, 6) is 1.44. The number of aromatic hydroxyl groups is 4. The van der Waals surface area contributed by atoms with Gasteiger partial charge in [0.2, 0.25) is 0 Å². The first-order valence-electron chi connectivity index (χ1n) is 18.0. The molecular formula is C44H54O5. The molecule has 0 spiro atoms. The van der Waals surface area contributed by atoms with Crippen molar-refractivity contribution in [1.29, 1.82) is 0 Å². The molecule has 5 nitrogen and oxygen atoms in total. The zero-order valence-electron chi connectivity index (χ0n) is 30.6. The van der Waals surface area contributed by atoms with Gasteiger partial charge in [0.1, 0.15) is 23.0 Å². The Morgan fingerprint density at radius 3 is 0.755 bits per heavy atom. The second kappa shape index (κ2) is 13.1. The Bertz CT molecular complexity index is 1540. The minimum absolute atomic E-state index is 0.167. The van der Waals surface area contributed by atoms with Gasteiger partial charge >= 0.3 is 0 Å². The molecule has 6 rings (SSSR count). The Labute approximate surface area is 292 Å². The van der Waals surface area contributed by atoms with Gasteiger partial charge in [0.15, 0.2) is 0 Å². The van der Waals surface area contributed by atoms with Gasteiger partial charge in [-0.3, -0.25) is 0 Å². The Hall–Kier alpha value is -3.96. The van der Waals surface area contributed by atoms with Crippen LogP contribution in [0.15, 0.2) is 48.5 Å². The van der Waals surface area contributed by atoms with Crippen LogP contribution in [0, 0.1) is 55.4 Å². The highest BCUT2D eigenvalue weighted by Gasteiger charge is 2.43. The third-order valence-electron chi connectivity index (χ3n) is 12.1. The van der Waals surface area contributed by atoms with Gasteiger partial charge in [0, 0.05) is 10.8 Å². The third-order valence-corrected chi connectivity index (χ3v) is 12.1. The van der Waals surface area contributed by atoms with Crippen molar-refractivity contribution in [2.75, 3.05) is 0 Å². The van der Waals surface area contributed by atoms with Crippen molar-refractivity contribution in [1.82, 2.24) is 0 Å². The lowest BCUT2D eigenvalue weighted by atomic mass is 9.63. The van der Waals surface area contributed by atoms with Crippen molar-refractivity contribution in [2.45, 2.75) is 130 Å². The van der Waals surface area contributed by atoms with E-state index < -0.39 is 0 Å². The molecule has 0 atom stereocenters. The van der Waals surface area contributed by atoms with Gasteiger partial charge in [-0.1, -0.05) is 48.5 Å². The molecule has 0 amide bonds. The van der Waals surface area contributed by atoms with Crippen molar-refractivity contribution < 1.29 is 25.2 Å². The van der Waals surface area contributed by atoms with Crippen LogP contribution in [0.1, 0.15) is 118 Å². The molecule has 2 saturated carbocycles. The van der Waals surface area contributed by atoms with Crippen LogP contribution in [-0.2, 0) is 15.6 Å². The standard InChI is InChI=1S/C44H54O5/c1-25-17-33(18-26(2)39(25)45)43(34-19-27(3)40(46)28(4)20-34)13-9-37(10-14-43)49-38-11-15-44(16-12-38,35-21-29(5)41(47)30(6)22-35)36-23-31(7)42(48)32(8)24-36/h17-24,37-38,45-48H,9-16H2,1-8H3. The van der Waals surface area contributed by atoms with E-state index in [1.54, 1.807) is 0 Å². The molecule has 0 bridgehead atoms. The van der Waals surface area contributed by atoms with Crippen LogP contribution in [0.3, 0.4) is 0 Å². The Balaban J connectivity index is 1.25. The number of rotatable bonds is 6. The molecule has 0 unspecified atom stereocenters. The van der Waals surface area contributed by atoms with Crippen LogP contribution < -0.4 is 0 Å². The SMILES string of the molecule is Cc1cc(C2(c3cc(C)c(O)c(C)c3)CCC(OC3CCC(c4cc(C)c(O)c(C)c4)(c4cc(C)c(O)c(C)c4)CC3)CC2)cc(C)c1O. The van der Waals surface area contributed by atoms with E-state index in [1.165, 1.54) is 22.3 Å². The molecular weight excluding hydrogens is 608 g/mol. The van der Waals surface area contributed by atoms with E-state index in [9.17, 15) is 20.4 Å². The van der Waals surface area contributed by atoms with Gasteiger partial charge in [-0.15, -0.1) is 0 Å². The molecule has 2 aliphatic rings. The van der Waals surface area contributed by atoms with Gasteiger partial charge in [-0.05, 0) is 174 Å². The summed E-state index contributed by atoms with van der Waals surface area (Å²) >= 11 is 0. The molecule has 0 aromatic heterocycles. The Morgan fingerprint density at radius 2 is 0.571 bits per heavy atom. The van der Waals surface area contributed by atoms with Crippen molar-refractivity contribution in [2.24, 2.45) is 0 Å². The van der Waals surface area contributed by atoms with Crippen LogP contribution in [0.4, 0.5) is 0 Å². The van der Waals surface area contributed by atoms with Gasteiger partial charge in [-0.2, -0.15) is 0 Å². The fourth-order valence-electron chi connectivity index (χ4n) is 9.13. The lowest BCUT2D eigenvalue weighted by Gasteiger charge is -2.45. The molecule has 0 heterocycles. The second-order valence-electron chi connectivity index (χ2n) is 15.5. The van der Waals surface area contributed by atoms with E-state index in [2.05, 4.69) is 48.5 Å². The summed E-state index contributed by atoms with van der Waals surface area (Å²) < 4.78 is 6.97. The predicted octanol–water partition coefficient (Wildman–Crippen LogP) is 10.2. The van der Waals surface area contributed by atoms with Crippen LogP contribution >= 0.6 is 0 Å². The number of hydrogen-bond acceptors (Lipinski definition) is 5. The van der Waals surface area contributed by atoms with E-state index in [0.29, 0.717) is 23.0 Å². The quantitative estimate of drug-likeness (QED) is 0.165. The average Bonchev–Trinajstić information content (AvgIpc) is 3.07. The average molecular weight is 663 g/mol. The maximum absolute atomic E-state index is 10.6. The highest BCUT2D eigenvalue weighted by atomic mass is 16.5. The Kier molecular flexibility index (Phi) is 9.30. The normalized spacial score (nSPS) is 18.1. The van der Waals surface area contributed by atoms with Gasteiger partial charge < -0.3 is 25.2 Å². The molecule has 260 valence electrons. The molecule has 0 saturated heterocycles. The van der Waals surface area contributed by atoms with Gasteiger partial charge in [0.05, 0.1) is 12.2 Å². The monoisotopic (exact) mass is 662 g/mol. The zero-order chi connectivity index (χ0) is 35.4. The lowest BCUT2D eigenvalue weighted by Crippen LogP contribution is -2.40. The summed E-state index contributed by atoms with van der Waals surface area (Å²) in [5, 5.41) is 42.5. The van der Waals surface area contributed by atoms with Crippen molar-refractivity contribution >= 4 is 0 Å². The highest BCUT2D eigenvalue weighted by Crippen LogP contribution is 2.51. The van der Waals surface area contributed by atoms with Crippen LogP contribution in [0.2, 0.25) is 0 Å². The van der Waals surface area contributed by atoms with E-state index in [-0.39, 0.29) is 23.0 Å². The first-order chi connectivity index (χ1) is 23.1. The number of hydrogen-bond donors (Lipinski definition) is 4. The summed E-state index contributed by atoms with van der Waals surface area (Å²) in [6.45, 7) is 15.8. The number of phenolic OH excluding ortho intramolecular Hbond substituents is 4. The van der Waals surface area contributed by atoms with E-state index in [0.717, 1.165) is 95.9 Å². The van der Waals surface area contributed by atoms with E-state index >= 15 is 0 Å². The maximum Gasteiger partial charge on any atom is 0.121 e. The number of phenols is 4. The summed E-state index contributed by atoms with van der Waals surface area (Å²) in [6, 6.07) is 17.2. The second-order valence-corrected chi connectivity index (χ2v) is 15.5. The van der Waals surface area contributed by atoms with Gasteiger partial charge in [-0.25, -0.2) is 0 Å². The Morgan fingerprint density at radius 1 is 0.388 bits per heavy atom. The van der Waals surface area contributed by atoms with E-state index in [4.69, 9.17) is 4.74 Å². The van der Waals surface area contributed by atoms with E-state index in [1.807, 2.05) is 55.4 Å². The van der Waals surface area contributed by atoms with Crippen molar-refractivity contribution in [3.05, 3.63) is 115 Å². The minimum Gasteiger partial charge on any atom is -0.507 e. The molecule has 5 heteroatoms. The fourth-order valence-corrected chi connectivity index (χ4v) is 9.13. The van der Waals surface area contributed by atoms with Crippen molar-refractivity contribution in [3.63, 3.8) is 0 Å².